The summed E-state index contributed by atoms with van der Waals surface area (Å²) in [5.41, 5.74) is 10.8. The quantitative estimate of drug-likeness (QED) is 0.688. The average Bonchev–Trinajstić information content (AvgIpc) is 2.47. The number of rotatable bonds is 2. The maximum atomic E-state index is 3.63. The van der Waals surface area contributed by atoms with E-state index in [9.17, 15) is 0 Å². The lowest BCUT2D eigenvalue weighted by Crippen LogP contribution is -2.10. The number of benzene rings is 2. The van der Waals surface area contributed by atoms with E-state index >= 15 is 0 Å². The SMILES string of the molecule is Cc1c(C)c(C)c(Nc2ccc(C(C)(C)C)cc2)c(C)c1C. The zero-order valence-corrected chi connectivity index (χ0v) is 15.3. The molecule has 0 aliphatic heterocycles. The lowest BCUT2D eigenvalue weighted by Gasteiger charge is -2.22. The Morgan fingerprint density at radius 2 is 1.05 bits per heavy atom. The third-order valence-corrected chi connectivity index (χ3v) is 5.02. The smallest absolute Gasteiger partial charge is 0.0449 e. The molecule has 0 saturated carbocycles. The second kappa shape index (κ2) is 5.79. The molecule has 0 aliphatic carbocycles. The van der Waals surface area contributed by atoms with Crippen LogP contribution in [0.5, 0.6) is 0 Å². The molecule has 0 spiro atoms. The normalized spacial score (nSPS) is 11.6. The molecule has 0 saturated heterocycles. The van der Waals surface area contributed by atoms with E-state index in [2.05, 4.69) is 85.0 Å². The van der Waals surface area contributed by atoms with E-state index < -0.39 is 0 Å². The highest BCUT2D eigenvalue weighted by molar-refractivity contribution is 5.71. The first-order chi connectivity index (χ1) is 10.1. The average molecular weight is 295 g/mol. The van der Waals surface area contributed by atoms with Crippen LogP contribution in [0.1, 0.15) is 54.2 Å². The topological polar surface area (TPSA) is 12.0 Å². The summed E-state index contributed by atoms with van der Waals surface area (Å²) in [6.45, 7) is 17.8. The second-order valence-corrected chi connectivity index (χ2v) is 7.45. The van der Waals surface area contributed by atoms with Gasteiger partial charge in [-0.05, 0) is 85.5 Å². The maximum Gasteiger partial charge on any atom is 0.0449 e. The third-order valence-electron chi connectivity index (χ3n) is 5.02. The van der Waals surface area contributed by atoms with Crippen molar-refractivity contribution >= 4 is 11.4 Å². The molecule has 0 aliphatic rings. The highest BCUT2D eigenvalue weighted by atomic mass is 14.9. The molecular weight excluding hydrogens is 266 g/mol. The van der Waals surface area contributed by atoms with Gasteiger partial charge >= 0.3 is 0 Å². The van der Waals surface area contributed by atoms with Crippen molar-refractivity contribution in [3.05, 3.63) is 57.6 Å². The molecule has 0 fully saturated rings. The molecular formula is C21H29N. The Bertz CT molecular complexity index is 656. The molecule has 0 unspecified atom stereocenters. The van der Waals surface area contributed by atoms with Crippen molar-refractivity contribution in [2.24, 2.45) is 0 Å². The van der Waals surface area contributed by atoms with Gasteiger partial charge in [-0.3, -0.25) is 0 Å². The van der Waals surface area contributed by atoms with Crippen molar-refractivity contribution in [2.75, 3.05) is 5.32 Å². The Morgan fingerprint density at radius 3 is 1.45 bits per heavy atom. The van der Waals surface area contributed by atoms with Gasteiger partial charge in [0.05, 0.1) is 0 Å². The van der Waals surface area contributed by atoms with Crippen LogP contribution < -0.4 is 5.32 Å². The highest BCUT2D eigenvalue weighted by Crippen LogP contribution is 2.33. The fraction of sp³-hybridized carbons (Fsp3) is 0.429. The van der Waals surface area contributed by atoms with E-state index in [4.69, 9.17) is 0 Å². The van der Waals surface area contributed by atoms with Crippen LogP contribution in [0.2, 0.25) is 0 Å². The van der Waals surface area contributed by atoms with Crippen molar-refractivity contribution in [1.29, 1.82) is 0 Å². The molecule has 0 aromatic heterocycles. The number of nitrogens with one attached hydrogen (secondary N) is 1. The lowest BCUT2D eigenvalue weighted by atomic mass is 9.87. The molecule has 2 aromatic rings. The van der Waals surface area contributed by atoms with E-state index in [0.717, 1.165) is 5.69 Å². The van der Waals surface area contributed by atoms with E-state index in [-0.39, 0.29) is 5.41 Å². The summed E-state index contributed by atoms with van der Waals surface area (Å²) in [4.78, 5) is 0. The first-order valence-electron chi connectivity index (χ1n) is 8.07. The maximum absolute atomic E-state index is 3.63. The summed E-state index contributed by atoms with van der Waals surface area (Å²) >= 11 is 0. The number of anilines is 2. The fourth-order valence-corrected chi connectivity index (χ4v) is 2.89. The molecule has 0 heterocycles. The molecule has 1 heteroatoms. The van der Waals surface area contributed by atoms with Crippen molar-refractivity contribution in [2.45, 2.75) is 60.8 Å². The zero-order valence-electron chi connectivity index (χ0n) is 15.3. The Morgan fingerprint density at radius 1 is 0.636 bits per heavy atom. The van der Waals surface area contributed by atoms with E-state index in [1.54, 1.807) is 0 Å². The Balaban J connectivity index is 2.40. The van der Waals surface area contributed by atoms with Crippen LogP contribution in [0.3, 0.4) is 0 Å². The highest BCUT2D eigenvalue weighted by Gasteiger charge is 2.14. The predicted molar refractivity (Wildman–Crippen MR) is 98.6 cm³/mol. The monoisotopic (exact) mass is 295 g/mol. The van der Waals surface area contributed by atoms with Gasteiger partial charge < -0.3 is 5.32 Å². The molecule has 0 atom stereocenters. The lowest BCUT2D eigenvalue weighted by molar-refractivity contribution is 0.590. The molecule has 2 aromatic carbocycles. The summed E-state index contributed by atoms with van der Waals surface area (Å²) in [6, 6.07) is 8.82. The second-order valence-electron chi connectivity index (χ2n) is 7.45. The van der Waals surface area contributed by atoms with Gasteiger partial charge in [-0.2, -0.15) is 0 Å². The van der Waals surface area contributed by atoms with Gasteiger partial charge in [-0.25, -0.2) is 0 Å². The van der Waals surface area contributed by atoms with E-state index in [0.29, 0.717) is 0 Å². The van der Waals surface area contributed by atoms with Crippen LogP contribution >= 0.6 is 0 Å². The van der Waals surface area contributed by atoms with Gasteiger partial charge in [-0.1, -0.05) is 32.9 Å². The molecule has 1 nitrogen and oxygen atoms in total. The van der Waals surface area contributed by atoms with Gasteiger partial charge in [0.15, 0.2) is 0 Å². The van der Waals surface area contributed by atoms with Crippen LogP contribution in [0.15, 0.2) is 24.3 Å². The van der Waals surface area contributed by atoms with Crippen LogP contribution in [0.4, 0.5) is 11.4 Å². The van der Waals surface area contributed by atoms with Crippen molar-refractivity contribution in [3.8, 4) is 0 Å². The van der Waals surface area contributed by atoms with Crippen LogP contribution in [-0.2, 0) is 5.41 Å². The van der Waals surface area contributed by atoms with Gasteiger partial charge in [0, 0.05) is 11.4 Å². The van der Waals surface area contributed by atoms with Crippen LogP contribution in [0, 0.1) is 34.6 Å². The van der Waals surface area contributed by atoms with Gasteiger partial charge in [0.2, 0.25) is 0 Å². The number of hydrogen-bond donors (Lipinski definition) is 1. The summed E-state index contributed by atoms with van der Waals surface area (Å²) in [5, 5.41) is 3.63. The van der Waals surface area contributed by atoms with E-state index in [1.165, 1.54) is 39.1 Å². The third kappa shape index (κ3) is 3.04. The largest absolute Gasteiger partial charge is 0.355 e. The minimum absolute atomic E-state index is 0.196. The molecule has 0 amide bonds. The summed E-state index contributed by atoms with van der Waals surface area (Å²) in [7, 11) is 0. The van der Waals surface area contributed by atoms with Crippen LogP contribution in [0.25, 0.3) is 0 Å². The van der Waals surface area contributed by atoms with Gasteiger partial charge in [-0.15, -0.1) is 0 Å². The van der Waals surface area contributed by atoms with Crippen molar-refractivity contribution < 1.29 is 0 Å². The van der Waals surface area contributed by atoms with Crippen molar-refractivity contribution in [3.63, 3.8) is 0 Å². The number of hydrogen-bond acceptors (Lipinski definition) is 1. The molecule has 2 rings (SSSR count). The molecule has 22 heavy (non-hydrogen) atoms. The Hall–Kier alpha value is -1.76. The Kier molecular flexibility index (Phi) is 4.37. The van der Waals surface area contributed by atoms with Crippen molar-refractivity contribution in [1.82, 2.24) is 0 Å². The minimum Gasteiger partial charge on any atom is -0.355 e. The fourth-order valence-electron chi connectivity index (χ4n) is 2.89. The first kappa shape index (κ1) is 16.6. The zero-order chi connectivity index (χ0) is 16.7. The molecule has 118 valence electrons. The minimum atomic E-state index is 0.196. The van der Waals surface area contributed by atoms with Crippen LogP contribution in [-0.4, -0.2) is 0 Å². The standard InChI is InChI=1S/C21H29N/c1-13-14(2)16(4)20(17(5)15(13)3)22-19-11-9-18(10-12-19)21(6,7)8/h9-12,22H,1-8H3. The molecule has 1 N–H and O–H groups in total. The summed E-state index contributed by atoms with van der Waals surface area (Å²) < 4.78 is 0. The summed E-state index contributed by atoms with van der Waals surface area (Å²) in [6.07, 6.45) is 0. The van der Waals surface area contributed by atoms with Gasteiger partial charge in [0.1, 0.15) is 0 Å². The van der Waals surface area contributed by atoms with Gasteiger partial charge in [0.25, 0.3) is 0 Å². The van der Waals surface area contributed by atoms with E-state index in [1.807, 2.05) is 0 Å². The Labute approximate surface area is 135 Å². The molecule has 0 bridgehead atoms. The summed E-state index contributed by atoms with van der Waals surface area (Å²) in [5.74, 6) is 0. The first-order valence-corrected chi connectivity index (χ1v) is 8.07. The molecule has 0 radical (unpaired) electrons. The predicted octanol–water partition coefficient (Wildman–Crippen LogP) is 6.27.